The summed E-state index contributed by atoms with van der Waals surface area (Å²) < 4.78 is 5.19. The number of methoxy groups -OCH3 is 1. The van der Waals surface area contributed by atoms with Crippen LogP contribution in [-0.2, 0) is 6.42 Å². The van der Waals surface area contributed by atoms with Gasteiger partial charge >= 0.3 is 0 Å². The number of phenolic OH excluding ortho intramolecular Hbond substituents is 1. The molecule has 1 unspecified atom stereocenters. The van der Waals surface area contributed by atoms with E-state index in [1.165, 1.54) is 12.7 Å². The lowest BCUT2D eigenvalue weighted by Crippen LogP contribution is -2.06. The topological polar surface area (TPSA) is 68.1 Å². The third-order valence-electron chi connectivity index (χ3n) is 4.41. The van der Waals surface area contributed by atoms with Crippen molar-refractivity contribution in [3.8, 4) is 22.8 Å². The highest BCUT2D eigenvalue weighted by Gasteiger charge is 2.14. The summed E-state index contributed by atoms with van der Waals surface area (Å²) in [5.74, 6) is 0.904. The van der Waals surface area contributed by atoms with Crippen LogP contribution in [0.2, 0.25) is 0 Å². The van der Waals surface area contributed by atoms with Crippen molar-refractivity contribution >= 4 is 0 Å². The molecular weight excluding hydrogens is 326 g/mol. The van der Waals surface area contributed by atoms with E-state index in [2.05, 4.69) is 23.0 Å². The molecule has 3 rings (SSSR count). The fourth-order valence-corrected chi connectivity index (χ4v) is 3.09. The average molecular weight is 349 g/mol. The maximum absolute atomic E-state index is 9.77. The number of ether oxygens (including phenoxy) is 1. The molecular formula is C21H23N3O2. The van der Waals surface area contributed by atoms with Gasteiger partial charge in [0.05, 0.1) is 24.7 Å². The molecule has 0 aliphatic heterocycles. The quantitative estimate of drug-likeness (QED) is 0.685. The zero-order chi connectivity index (χ0) is 18.4. The first kappa shape index (κ1) is 17.9. The molecule has 2 aromatic heterocycles. The number of hydrogen-bond acceptors (Lipinski definition) is 5. The summed E-state index contributed by atoms with van der Waals surface area (Å²) in [6.07, 6.45) is 10.3. The molecule has 0 aliphatic carbocycles. The van der Waals surface area contributed by atoms with Crippen LogP contribution in [0.25, 0.3) is 11.3 Å². The van der Waals surface area contributed by atoms with Crippen LogP contribution in [-0.4, -0.2) is 27.2 Å². The van der Waals surface area contributed by atoms with Crippen LogP contribution in [0.15, 0.2) is 55.1 Å². The fourth-order valence-electron chi connectivity index (χ4n) is 3.09. The maximum atomic E-state index is 9.77. The number of hydrogen-bond donors (Lipinski definition) is 1. The molecule has 3 aromatic rings. The molecule has 0 radical (unpaired) electrons. The van der Waals surface area contributed by atoms with Crippen molar-refractivity contribution in [2.24, 2.45) is 0 Å². The lowest BCUT2D eigenvalue weighted by molar-refractivity contribution is 0.373. The number of phenols is 1. The van der Waals surface area contributed by atoms with Crippen LogP contribution in [0.5, 0.6) is 11.5 Å². The number of pyridine rings is 1. The predicted molar refractivity (Wildman–Crippen MR) is 101 cm³/mol. The largest absolute Gasteiger partial charge is 0.504 e. The average Bonchev–Trinajstić information content (AvgIpc) is 2.69. The Labute approximate surface area is 153 Å². The van der Waals surface area contributed by atoms with E-state index in [0.717, 1.165) is 36.2 Å². The molecule has 1 atom stereocenters. The highest BCUT2D eigenvalue weighted by Crippen LogP contribution is 2.31. The molecule has 0 amide bonds. The summed E-state index contributed by atoms with van der Waals surface area (Å²) >= 11 is 0. The highest BCUT2D eigenvalue weighted by molar-refractivity contribution is 5.63. The Morgan fingerprint density at radius 1 is 1.12 bits per heavy atom. The Balaban J connectivity index is 1.86. The Hall–Kier alpha value is -2.95. The first-order valence-corrected chi connectivity index (χ1v) is 8.79. The van der Waals surface area contributed by atoms with Crippen molar-refractivity contribution in [3.63, 3.8) is 0 Å². The number of benzene rings is 1. The third kappa shape index (κ3) is 4.17. The number of nitrogens with zero attached hydrogens (tertiary/aromatic N) is 3. The number of aromatic hydroxyl groups is 1. The van der Waals surface area contributed by atoms with Crippen LogP contribution >= 0.6 is 0 Å². The summed E-state index contributed by atoms with van der Waals surface area (Å²) in [6, 6.07) is 9.29. The summed E-state index contributed by atoms with van der Waals surface area (Å²) in [6.45, 7) is 2.19. The molecule has 1 N–H and O–H groups in total. The minimum absolute atomic E-state index is 0.111. The maximum Gasteiger partial charge on any atom is 0.161 e. The zero-order valence-electron chi connectivity index (χ0n) is 15.1. The van der Waals surface area contributed by atoms with Gasteiger partial charge in [0.15, 0.2) is 11.5 Å². The van der Waals surface area contributed by atoms with Gasteiger partial charge in [-0.05, 0) is 48.6 Å². The van der Waals surface area contributed by atoms with Gasteiger partial charge in [-0.25, -0.2) is 4.98 Å². The first-order valence-electron chi connectivity index (χ1n) is 8.79. The molecule has 26 heavy (non-hydrogen) atoms. The second-order valence-electron chi connectivity index (χ2n) is 6.26. The van der Waals surface area contributed by atoms with E-state index in [0.29, 0.717) is 11.7 Å². The highest BCUT2D eigenvalue weighted by atomic mass is 16.5. The summed E-state index contributed by atoms with van der Waals surface area (Å²) in [4.78, 5) is 13.4. The minimum Gasteiger partial charge on any atom is -0.504 e. The van der Waals surface area contributed by atoms with E-state index >= 15 is 0 Å². The van der Waals surface area contributed by atoms with Crippen LogP contribution in [0.1, 0.15) is 36.9 Å². The van der Waals surface area contributed by atoms with Crippen molar-refractivity contribution in [1.82, 2.24) is 15.0 Å². The second-order valence-corrected chi connectivity index (χ2v) is 6.26. The molecule has 0 spiro atoms. The van der Waals surface area contributed by atoms with Gasteiger partial charge in [-0.2, -0.15) is 0 Å². The van der Waals surface area contributed by atoms with Gasteiger partial charge in [-0.1, -0.05) is 19.4 Å². The van der Waals surface area contributed by atoms with Crippen LogP contribution < -0.4 is 4.74 Å². The summed E-state index contributed by atoms with van der Waals surface area (Å²) in [5.41, 5.74) is 3.80. The minimum atomic E-state index is 0.111. The standard InChI is InChI=1S/C21H23N3O2/c1-3-5-15(17-6-4-9-22-12-17)10-18-13-23-14-19(24-18)16-7-8-20(25)21(11-16)26-2/h4,6-9,11-15,25H,3,5,10H2,1-2H3. The molecule has 0 saturated carbocycles. The van der Waals surface area contributed by atoms with Gasteiger partial charge in [0.25, 0.3) is 0 Å². The monoisotopic (exact) mass is 349 g/mol. The van der Waals surface area contributed by atoms with E-state index < -0.39 is 0 Å². The van der Waals surface area contributed by atoms with Crippen molar-refractivity contribution in [2.45, 2.75) is 32.1 Å². The number of aromatic nitrogens is 3. The van der Waals surface area contributed by atoms with E-state index in [1.54, 1.807) is 24.5 Å². The molecule has 1 aromatic carbocycles. The normalized spacial score (nSPS) is 11.9. The lowest BCUT2D eigenvalue weighted by Gasteiger charge is -2.16. The Kier molecular flexibility index (Phi) is 5.79. The molecule has 0 bridgehead atoms. The van der Waals surface area contributed by atoms with Crippen LogP contribution in [0.3, 0.4) is 0 Å². The van der Waals surface area contributed by atoms with E-state index in [4.69, 9.17) is 9.72 Å². The molecule has 2 heterocycles. The van der Waals surface area contributed by atoms with Gasteiger partial charge < -0.3 is 9.84 Å². The van der Waals surface area contributed by atoms with E-state index in [9.17, 15) is 5.11 Å². The van der Waals surface area contributed by atoms with Crippen molar-refractivity contribution in [3.05, 3.63) is 66.4 Å². The van der Waals surface area contributed by atoms with Gasteiger partial charge in [0, 0.05) is 24.2 Å². The molecule has 0 aliphatic rings. The van der Waals surface area contributed by atoms with Crippen molar-refractivity contribution < 1.29 is 9.84 Å². The second kappa shape index (κ2) is 8.43. The lowest BCUT2D eigenvalue weighted by atomic mass is 9.91. The third-order valence-corrected chi connectivity index (χ3v) is 4.41. The Morgan fingerprint density at radius 3 is 2.73 bits per heavy atom. The molecule has 5 heteroatoms. The summed E-state index contributed by atoms with van der Waals surface area (Å²) in [7, 11) is 1.53. The zero-order valence-corrected chi connectivity index (χ0v) is 15.1. The van der Waals surface area contributed by atoms with Crippen LogP contribution in [0.4, 0.5) is 0 Å². The first-order chi connectivity index (χ1) is 12.7. The van der Waals surface area contributed by atoms with Gasteiger partial charge in [-0.15, -0.1) is 0 Å². The van der Waals surface area contributed by atoms with Crippen molar-refractivity contribution in [2.75, 3.05) is 7.11 Å². The predicted octanol–water partition coefficient (Wildman–Crippen LogP) is 4.38. The molecule has 134 valence electrons. The smallest absolute Gasteiger partial charge is 0.161 e. The number of rotatable bonds is 7. The van der Waals surface area contributed by atoms with Crippen LogP contribution in [0, 0.1) is 0 Å². The Bertz CT molecular complexity index is 853. The molecule has 5 nitrogen and oxygen atoms in total. The van der Waals surface area contributed by atoms with Gasteiger partial charge in [-0.3, -0.25) is 9.97 Å². The van der Waals surface area contributed by atoms with Gasteiger partial charge in [0.1, 0.15) is 0 Å². The Morgan fingerprint density at radius 2 is 2.00 bits per heavy atom. The van der Waals surface area contributed by atoms with E-state index in [1.807, 2.05) is 24.5 Å². The molecule has 0 saturated heterocycles. The SMILES string of the molecule is CCCC(Cc1cncc(-c2ccc(O)c(OC)c2)n1)c1cccnc1. The van der Waals surface area contributed by atoms with Gasteiger partial charge in [0.2, 0.25) is 0 Å². The fraction of sp³-hybridized carbons (Fsp3) is 0.286. The van der Waals surface area contributed by atoms with E-state index in [-0.39, 0.29) is 5.75 Å². The van der Waals surface area contributed by atoms with Crippen molar-refractivity contribution in [1.29, 1.82) is 0 Å². The molecule has 0 fully saturated rings. The summed E-state index contributed by atoms with van der Waals surface area (Å²) in [5, 5.41) is 9.77.